The van der Waals surface area contributed by atoms with Gasteiger partial charge in [0.1, 0.15) is 11.4 Å². The highest BCUT2D eigenvalue weighted by atomic mass is 16.7. The van der Waals surface area contributed by atoms with Crippen LogP contribution in [0.1, 0.15) is 92.2 Å². The predicted octanol–water partition coefficient (Wildman–Crippen LogP) is 7.26. The first-order chi connectivity index (χ1) is 17.5. The van der Waals surface area contributed by atoms with Crippen LogP contribution in [-0.2, 0) is 4.84 Å². The lowest BCUT2D eigenvalue weighted by Gasteiger charge is -2.73. The van der Waals surface area contributed by atoms with Crippen molar-refractivity contribution in [3.8, 4) is 0 Å². The molecule has 5 nitrogen and oxygen atoms in total. The van der Waals surface area contributed by atoms with Crippen LogP contribution in [0.5, 0.6) is 0 Å². The number of hydrogen-bond donors (Lipinski definition) is 1. The zero-order chi connectivity index (χ0) is 26.4. The van der Waals surface area contributed by atoms with Gasteiger partial charge in [-0.3, -0.25) is 4.84 Å². The van der Waals surface area contributed by atoms with E-state index in [1.54, 1.807) is 0 Å². The van der Waals surface area contributed by atoms with E-state index in [0.717, 1.165) is 24.4 Å². The number of aromatic nitrogens is 1. The third-order valence-corrected chi connectivity index (χ3v) is 12.2. The molecule has 3 heterocycles. The van der Waals surface area contributed by atoms with E-state index in [4.69, 9.17) is 9.36 Å². The van der Waals surface area contributed by atoms with Crippen LogP contribution >= 0.6 is 0 Å². The number of nitrogens with zero attached hydrogens (tertiary/aromatic N) is 2. The fraction of sp³-hybridized carbons (Fsp3) is 0.781. The molecule has 1 saturated heterocycles. The minimum absolute atomic E-state index is 0.0176. The standard InChI is InChI=1S/C32H48N2O3/c1-20(2)21(3)8-9-22(4)25-10-11-26-29(25,6)14-13-27-30(7)15-12-24(35)19-31(30)16-17-32(26,27)37-34(31)28-18-23(5)36-33-28/h8-9,16-18,20-22,24-27,35H,10-15,19H2,1-7H3. The first-order valence-corrected chi connectivity index (χ1v) is 15.0. The van der Waals surface area contributed by atoms with Gasteiger partial charge in [0.15, 0.2) is 5.82 Å². The summed E-state index contributed by atoms with van der Waals surface area (Å²) in [4.78, 5) is 7.28. The SMILES string of the molecule is Cc1cc(N2OC34C=CC25CC(O)CCC5(C)C3CCC2(C)C(C(C)C=CC(C)C(C)C)CCC24)no1. The minimum Gasteiger partial charge on any atom is -0.393 e. The van der Waals surface area contributed by atoms with Gasteiger partial charge >= 0.3 is 0 Å². The van der Waals surface area contributed by atoms with Crippen LogP contribution in [0.25, 0.3) is 0 Å². The van der Waals surface area contributed by atoms with Crippen LogP contribution in [0.15, 0.2) is 34.9 Å². The van der Waals surface area contributed by atoms with Crippen molar-refractivity contribution in [1.82, 2.24) is 5.16 Å². The van der Waals surface area contributed by atoms with Gasteiger partial charge in [-0.05, 0) is 74.5 Å². The average Bonchev–Trinajstić information content (AvgIpc) is 3.45. The van der Waals surface area contributed by atoms with Crippen LogP contribution in [0.4, 0.5) is 5.82 Å². The van der Waals surface area contributed by atoms with Crippen LogP contribution in [0.2, 0.25) is 0 Å². The third-order valence-electron chi connectivity index (χ3n) is 12.2. The van der Waals surface area contributed by atoms with Crippen molar-refractivity contribution in [1.29, 1.82) is 0 Å². The van der Waals surface area contributed by atoms with Crippen molar-refractivity contribution < 1.29 is 14.5 Å². The topological polar surface area (TPSA) is 58.7 Å². The maximum absolute atomic E-state index is 10.9. The molecule has 204 valence electrons. The zero-order valence-corrected chi connectivity index (χ0v) is 24.0. The number of rotatable bonds is 5. The van der Waals surface area contributed by atoms with E-state index < -0.39 is 5.54 Å². The summed E-state index contributed by atoms with van der Waals surface area (Å²) in [6.45, 7) is 16.4. The molecule has 2 bridgehead atoms. The van der Waals surface area contributed by atoms with Crippen LogP contribution in [0, 0.1) is 53.3 Å². The normalized spacial score (nSPS) is 46.2. The van der Waals surface area contributed by atoms with E-state index in [0.29, 0.717) is 41.9 Å². The fourth-order valence-corrected chi connectivity index (χ4v) is 9.77. The fourth-order valence-electron chi connectivity index (χ4n) is 9.77. The van der Waals surface area contributed by atoms with Crippen molar-refractivity contribution in [2.24, 2.45) is 46.3 Å². The summed E-state index contributed by atoms with van der Waals surface area (Å²) in [6, 6.07) is 2.00. The Morgan fingerprint density at radius 2 is 1.81 bits per heavy atom. The van der Waals surface area contributed by atoms with Crippen LogP contribution in [-0.4, -0.2) is 27.5 Å². The molecule has 0 radical (unpaired) electrons. The Hall–Kier alpha value is -1.59. The average molecular weight is 509 g/mol. The Morgan fingerprint density at radius 3 is 2.51 bits per heavy atom. The lowest BCUT2D eigenvalue weighted by Crippen LogP contribution is -2.79. The van der Waals surface area contributed by atoms with Gasteiger partial charge < -0.3 is 9.63 Å². The maximum Gasteiger partial charge on any atom is 0.196 e. The van der Waals surface area contributed by atoms with Gasteiger partial charge in [-0.15, -0.1) is 0 Å². The quantitative estimate of drug-likeness (QED) is 0.424. The Bertz CT molecular complexity index is 1090. The molecule has 2 aliphatic heterocycles. The summed E-state index contributed by atoms with van der Waals surface area (Å²) in [5.41, 5.74) is -0.472. The summed E-state index contributed by atoms with van der Waals surface area (Å²) in [5.74, 6) is 4.97. The van der Waals surface area contributed by atoms with Gasteiger partial charge in [0.2, 0.25) is 0 Å². The number of aryl methyl sites for hydroxylation is 1. The van der Waals surface area contributed by atoms with Crippen LogP contribution < -0.4 is 5.06 Å². The molecule has 5 heteroatoms. The number of fused-ring (bicyclic) bond motifs is 2. The van der Waals surface area contributed by atoms with E-state index in [1.165, 1.54) is 25.7 Å². The van der Waals surface area contributed by atoms with E-state index in [1.807, 2.05) is 13.0 Å². The lowest BCUT2D eigenvalue weighted by atomic mass is 9.41. The third kappa shape index (κ3) is 3.38. The maximum atomic E-state index is 10.9. The largest absolute Gasteiger partial charge is 0.393 e. The molecule has 4 fully saturated rings. The highest BCUT2D eigenvalue weighted by Gasteiger charge is 2.75. The molecule has 2 spiro atoms. The molecule has 1 aromatic heterocycles. The van der Waals surface area contributed by atoms with E-state index in [-0.39, 0.29) is 22.5 Å². The molecule has 3 saturated carbocycles. The minimum atomic E-state index is -0.394. The number of anilines is 1. The molecule has 4 aliphatic carbocycles. The van der Waals surface area contributed by atoms with Gasteiger partial charge in [-0.2, -0.15) is 0 Å². The van der Waals surface area contributed by atoms with Crippen molar-refractivity contribution >= 4 is 5.82 Å². The molecule has 0 amide bonds. The highest BCUT2D eigenvalue weighted by Crippen LogP contribution is 2.73. The Morgan fingerprint density at radius 1 is 1.03 bits per heavy atom. The molecule has 37 heavy (non-hydrogen) atoms. The first-order valence-electron chi connectivity index (χ1n) is 15.0. The summed E-state index contributed by atoms with van der Waals surface area (Å²) in [5, 5.41) is 17.4. The van der Waals surface area contributed by atoms with Gasteiger partial charge in [0.25, 0.3) is 0 Å². The van der Waals surface area contributed by atoms with Gasteiger partial charge in [-0.25, -0.2) is 5.06 Å². The molecular formula is C32H48N2O3. The molecule has 7 rings (SSSR count). The van der Waals surface area contributed by atoms with Crippen molar-refractivity contribution in [3.63, 3.8) is 0 Å². The first kappa shape index (κ1) is 25.7. The molecule has 1 N–H and O–H groups in total. The zero-order valence-electron chi connectivity index (χ0n) is 24.0. The lowest BCUT2D eigenvalue weighted by molar-refractivity contribution is -0.273. The molecule has 6 aliphatic rings. The summed E-state index contributed by atoms with van der Waals surface area (Å²) >= 11 is 0. The second-order valence-corrected chi connectivity index (χ2v) is 14.3. The summed E-state index contributed by atoms with van der Waals surface area (Å²) in [7, 11) is 0. The monoisotopic (exact) mass is 508 g/mol. The van der Waals surface area contributed by atoms with Gasteiger partial charge in [0.05, 0.1) is 11.6 Å². The highest BCUT2D eigenvalue weighted by molar-refractivity contribution is 5.50. The Balaban J connectivity index is 1.40. The smallest absolute Gasteiger partial charge is 0.196 e. The summed E-state index contributed by atoms with van der Waals surface area (Å²) in [6.07, 6.45) is 17.0. The van der Waals surface area contributed by atoms with Gasteiger partial charge in [0, 0.05) is 29.7 Å². The van der Waals surface area contributed by atoms with Crippen molar-refractivity contribution in [3.05, 3.63) is 36.1 Å². The number of aliphatic hydroxyl groups excluding tert-OH is 1. The Labute approximate surface area is 223 Å². The number of hydroxylamine groups is 1. The van der Waals surface area contributed by atoms with E-state index in [9.17, 15) is 5.11 Å². The van der Waals surface area contributed by atoms with Crippen molar-refractivity contribution in [2.75, 3.05) is 5.06 Å². The molecular weight excluding hydrogens is 460 g/mol. The van der Waals surface area contributed by atoms with Gasteiger partial charge in [-0.1, -0.05) is 71.0 Å². The van der Waals surface area contributed by atoms with E-state index >= 15 is 0 Å². The number of hydrogen-bond acceptors (Lipinski definition) is 5. The Kier molecular flexibility index (Phi) is 5.87. The molecule has 0 aromatic carbocycles. The second kappa shape index (κ2) is 8.45. The molecule has 10 unspecified atom stereocenters. The number of allylic oxidation sites excluding steroid dienone is 2. The predicted molar refractivity (Wildman–Crippen MR) is 147 cm³/mol. The summed E-state index contributed by atoms with van der Waals surface area (Å²) < 4.78 is 5.55. The molecule has 1 aromatic rings. The van der Waals surface area contributed by atoms with Crippen LogP contribution in [0.3, 0.4) is 0 Å². The second-order valence-electron chi connectivity index (χ2n) is 14.3. The van der Waals surface area contributed by atoms with Crippen molar-refractivity contribution in [2.45, 2.75) is 111 Å². The number of aliphatic hydroxyl groups is 1. The molecule has 10 atom stereocenters. The van der Waals surface area contributed by atoms with E-state index in [2.05, 4.69) is 76.1 Å².